The monoisotopic (exact) mass is 415 g/mol. The lowest BCUT2D eigenvalue weighted by Crippen LogP contribution is -2.47. The molecule has 30 heavy (non-hydrogen) atoms. The molecule has 1 amide bonds. The van der Waals surface area contributed by atoms with Crippen molar-refractivity contribution in [2.24, 2.45) is 5.92 Å². The van der Waals surface area contributed by atoms with Gasteiger partial charge in [-0.3, -0.25) is 4.90 Å². The Morgan fingerprint density at radius 3 is 2.33 bits per heavy atom. The van der Waals surface area contributed by atoms with Crippen LogP contribution in [0.15, 0.2) is 30.3 Å². The summed E-state index contributed by atoms with van der Waals surface area (Å²) >= 11 is 0. The van der Waals surface area contributed by atoms with Gasteiger partial charge in [-0.05, 0) is 52.0 Å². The Morgan fingerprint density at radius 1 is 1.03 bits per heavy atom. The predicted molar refractivity (Wildman–Crippen MR) is 112 cm³/mol. The van der Waals surface area contributed by atoms with Gasteiger partial charge in [0.2, 0.25) is 0 Å². The van der Waals surface area contributed by atoms with E-state index in [1.165, 1.54) is 0 Å². The fourth-order valence-electron chi connectivity index (χ4n) is 5.44. The molecular weight excluding hydrogens is 382 g/mol. The van der Waals surface area contributed by atoms with Gasteiger partial charge in [-0.1, -0.05) is 43.2 Å². The number of aliphatic hydroxyl groups is 1. The summed E-state index contributed by atoms with van der Waals surface area (Å²) in [5.41, 5.74) is -1.62. The van der Waals surface area contributed by atoms with Crippen molar-refractivity contribution in [1.82, 2.24) is 4.90 Å². The van der Waals surface area contributed by atoms with E-state index >= 15 is 0 Å². The van der Waals surface area contributed by atoms with Crippen LogP contribution in [-0.4, -0.2) is 45.9 Å². The van der Waals surface area contributed by atoms with Crippen LogP contribution >= 0.6 is 0 Å². The van der Waals surface area contributed by atoms with Crippen LogP contribution in [0.25, 0.3) is 0 Å². The molecule has 0 aromatic heterocycles. The molecule has 1 aromatic rings. The number of hydrogen-bond donors (Lipinski definition) is 1. The highest BCUT2D eigenvalue weighted by atomic mass is 16.6. The van der Waals surface area contributed by atoms with Crippen molar-refractivity contribution in [2.75, 3.05) is 0 Å². The molecule has 2 saturated heterocycles. The van der Waals surface area contributed by atoms with Crippen LogP contribution in [0.2, 0.25) is 0 Å². The van der Waals surface area contributed by atoms with Crippen LogP contribution in [0.3, 0.4) is 0 Å². The first-order valence-electron chi connectivity index (χ1n) is 11.2. The van der Waals surface area contributed by atoms with Crippen molar-refractivity contribution >= 4 is 12.1 Å². The summed E-state index contributed by atoms with van der Waals surface area (Å²) in [5.74, 6) is -0.727. The molecule has 3 fully saturated rings. The molecule has 1 saturated carbocycles. The average molecular weight is 416 g/mol. The lowest BCUT2D eigenvalue weighted by Gasteiger charge is -2.34. The van der Waals surface area contributed by atoms with E-state index in [0.29, 0.717) is 12.0 Å². The van der Waals surface area contributed by atoms with Gasteiger partial charge < -0.3 is 14.6 Å². The minimum Gasteiger partial charge on any atom is -0.458 e. The average Bonchev–Trinajstić information content (AvgIpc) is 3.43. The van der Waals surface area contributed by atoms with Gasteiger partial charge in [0.1, 0.15) is 11.7 Å². The highest BCUT2D eigenvalue weighted by Crippen LogP contribution is 2.44. The summed E-state index contributed by atoms with van der Waals surface area (Å²) < 4.78 is 11.5. The quantitative estimate of drug-likeness (QED) is 0.748. The minimum absolute atomic E-state index is 0.0268. The van der Waals surface area contributed by atoms with Crippen LogP contribution in [0.5, 0.6) is 0 Å². The van der Waals surface area contributed by atoms with Crippen molar-refractivity contribution in [3.63, 3.8) is 0 Å². The summed E-state index contributed by atoms with van der Waals surface area (Å²) in [6.45, 7) is 5.55. The Balaban J connectivity index is 1.52. The number of rotatable bonds is 4. The lowest BCUT2D eigenvalue weighted by molar-refractivity contribution is -0.180. The Morgan fingerprint density at radius 2 is 1.70 bits per heavy atom. The topological polar surface area (TPSA) is 76.1 Å². The number of hydrogen-bond acceptors (Lipinski definition) is 5. The number of carbonyl (C=O) groups excluding carboxylic acids is 2. The molecule has 1 N–H and O–H groups in total. The van der Waals surface area contributed by atoms with Gasteiger partial charge in [0, 0.05) is 18.4 Å². The van der Waals surface area contributed by atoms with E-state index in [0.717, 1.165) is 38.5 Å². The van der Waals surface area contributed by atoms with E-state index < -0.39 is 23.3 Å². The maximum atomic E-state index is 13.4. The van der Waals surface area contributed by atoms with Crippen molar-refractivity contribution in [2.45, 2.75) is 95.1 Å². The molecule has 6 nitrogen and oxygen atoms in total. The third kappa shape index (κ3) is 3.82. The molecule has 2 aliphatic heterocycles. The summed E-state index contributed by atoms with van der Waals surface area (Å²) in [7, 11) is 0. The minimum atomic E-state index is -1.64. The van der Waals surface area contributed by atoms with Gasteiger partial charge in [-0.2, -0.15) is 0 Å². The van der Waals surface area contributed by atoms with E-state index in [4.69, 9.17) is 9.47 Å². The molecule has 6 heteroatoms. The largest absolute Gasteiger partial charge is 0.458 e. The highest BCUT2D eigenvalue weighted by Gasteiger charge is 2.54. The molecule has 3 aliphatic rings. The van der Waals surface area contributed by atoms with Crippen molar-refractivity contribution in [3.8, 4) is 0 Å². The molecule has 4 rings (SSSR count). The number of nitrogens with zero attached hydrogens (tertiary/aromatic N) is 1. The number of benzene rings is 1. The molecule has 2 bridgehead atoms. The maximum absolute atomic E-state index is 13.4. The number of esters is 1. The van der Waals surface area contributed by atoms with Crippen LogP contribution in [0, 0.1) is 5.92 Å². The maximum Gasteiger partial charge on any atom is 0.410 e. The smallest absolute Gasteiger partial charge is 0.410 e. The predicted octanol–water partition coefficient (Wildman–Crippen LogP) is 4.15. The van der Waals surface area contributed by atoms with Gasteiger partial charge in [-0.25, -0.2) is 9.59 Å². The van der Waals surface area contributed by atoms with Gasteiger partial charge in [0.05, 0.1) is 6.04 Å². The molecule has 1 aliphatic carbocycles. The molecule has 4 atom stereocenters. The normalized spacial score (nSPS) is 28.4. The van der Waals surface area contributed by atoms with E-state index in [2.05, 4.69) is 0 Å². The molecule has 1 unspecified atom stereocenters. The number of carbonyl (C=O) groups is 2. The van der Waals surface area contributed by atoms with Crippen LogP contribution in [0.4, 0.5) is 4.79 Å². The summed E-state index contributed by atoms with van der Waals surface area (Å²) in [5, 5.41) is 11.6. The van der Waals surface area contributed by atoms with Gasteiger partial charge in [0.15, 0.2) is 5.60 Å². The van der Waals surface area contributed by atoms with E-state index in [-0.39, 0.29) is 24.1 Å². The van der Waals surface area contributed by atoms with Gasteiger partial charge in [-0.15, -0.1) is 0 Å². The summed E-state index contributed by atoms with van der Waals surface area (Å²) in [4.78, 5) is 27.8. The zero-order chi connectivity index (χ0) is 21.5. The Kier molecular flexibility index (Phi) is 5.56. The molecule has 0 spiro atoms. The Labute approximate surface area is 178 Å². The highest BCUT2D eigenvalue weighted by molar-refractivity contribution is 5.82. The Bertz CT molecular complexity index is 783. The fourth-order valence-corrected chi connectivity index (χ4v) is 5.44. The molecule has 164 valence electrons. The van der Waals surface area contributed by atoms with Crippen LogP contribution in [0.1, 0.15) is 71.3 Å². The standard InChI is InChI=1S/C24H33NO5/c1-23(2,3)30-22(27)25-18-13-14-19(25)20(15-18)29-21(26)24(28,17-11-7-8-12-17)16-9-5-4-6-10-16/h4-6,9-10,17-20,28H,7-8,11-15H2,1-3H3/t18?,19-,20-,24-/m1/s1. The van der Waals surface area contributed by atoms with Crippen LogP contribution < -0.4 is 0 Å². The first kappa shape index (κ1) is 21.2. The number of amides is 1. The first-order valence-corrected chi connectivity index (χ1v) is 11.2. The zero-order valence-electron chi connectivity index (χ0n) is 18.2. The van der Waals surface area contributed by atoms with Gasteiger partial charge >= 0.3 is 12.1 Å². The van der Waals surface area contributed by atoms with Gasteiger partial charge in [0.25, 0.3) is 0 Å². The second-order valence-corrected chi connectivity index (χ2v) is 9.98. The Hall–Kier alpha value is -2.08. The van der Waals surface area contributed by atoms with Crippen LogP contribution in [-0.2, 0) is 19.9 Å². The van der Waals surface area contributed by atoms with Crippen molar-refractivity contribution in [1.29, 1.82) is 0 Å². The second-order valence-electron chi connectivity index (χ2n) is 9.98. The number of ether oxygens (including phenoxy) is 2. The zero-order valence-corrected chi connectivity index (χ0v) is 18.2. The van der Waals surface area contributed by atoms with Crippen molar-refractivity contribution < 1.29 is 24.2 Å². The van der Waals surface area contributed by atoms with E-state index in [9.17, 15) is 14.7 Å². The molecule has 0 radical (unpaired) electrons. The second kappa shape index (κ2) is 7.88. The van der Waals surface area contributed by atoms with Crippen molar-refractivity contribution in [3.05, 3.63) is 35.9 Å². The lowest BCUT2D eigenvalue weighted by atomic mass is 9.80. The number of fused-ring (bicyclic) bond motifs is 2. The van der Waals surface area contributed by atoms with E-state index in [1.54, 1.807) is 17.0 Å². The SMILES string of the molecule is CC(C)(C)OC(=O)N1C2CC[C@@H]1[C@H](OC(=O)[C@@](O)(c1ccccc1)C1CCCC1)C2. The summed E-state index contributed by atoms with van der Waals surface area (Å²) in [6, 6.07) is 8.99. The van der Waals surface area contributed by atoms with E-state index in [1.807, 2.05) is 39.0 Å². The summed E-state index contributed by atoms with van der Waals surface area (Å²) in [6.07, 6.45) is 5.16. The third-order valence-corrected chi connectivity index (χ3v) is 6.81. The molecule has 1 aromatic carbocycles. The fraction of sp³-hybridized carbons (Fsp3) is 0.667. The first-order chi connectivity index (χ1) is 14.2. The molecule has 2 heterocycles. The molecular formula is C24H33NO5. The third-order valence-electron chi connectivity index (χ3n) is 6.81.